The van der Waals surface area contributed by atoms with Crippen LogP contribution in [0, 0.1) is 12.7 Å². The third kappa shape index (κ3) is 4.85. The number of nitrogens with one attached hydrogen (secondary N) is 2. The molecule has 0 saturated carbocycles. The maximum Gasteiger partial charge on any atom is 0.228 e. The summed E-state index contributed by atoms with van der Waals surface area (Å²) in [4.78, 5) is 12.1. The predicted molar refractivity (Wildman–Crippen MR) is 106 cm³/mol. The van der Waals surface area contributed by atoms with Gasteiger partial charge in [-0.2, -0.15) is 0 Å². The van der Waals surface area contributed by atoms with Crippen LogP contribution in [0.25, 0.3) is 0 Å². The second kappa shape index (κ2) is 8.36. The molecule has 3 rings (SSSR count). The van der Waals surface area contributed by atoms with Crippen molar-refractivity contribution < 1.29 is 13.9 Å². The van der Waals surface area contributed by atoms with Gasteiger partial charge in [0, 0.05) is 11.4 Å². The number of carbonyl (C=O) groups is 1. The molecule has 0 saturated heterocycles. The summed E-state index contributed by atoms with van der Waals surface area (Å²) in [5.74, 6) is 0.114. The van der Waals surface area contributed by atoms with Gasteiger partial charge in [0.25, 0.3) is 0 Å². The fourth-order valence-electron chi connectivity index (χ4n) is 2.73. The van der Waals surface area contributed by atoms with Crippen LogP contribution >= 0.6 is 0 Å². The van der Waals surface area contributed by atoms with Crippen LogP contribution in [0.5, 0.6) is 5.75 Å². The van der Waals surface area contributed by atoms with Crippen molar-refractivity contribution in [3.63, 3.8) is 0 Å². The predicted octanol–water partition coefficient (Wildman–Crippen LogP) is 5.07. The van der Waals surface area contributed by atoms with Crippen molar-refractivity contribution in [3.05, 3.63) is 83.7 Å². The van der Waals surface area contributed by atoms with Gasteiger partial charge < -0.3 is 15.4 Å². The van der Waals surface area contributed by atoms with Crippen molar-refractivity contribution >= 4 is 23.0 Å². The molecule has 0 spiro atoms. The number of hydrogen-bond donors (Lipinski definition) is 2. The SMILES string of the molecule is COc1ccc(C)cc1Nc1ccc(NC(=O)Cc2ccccc2F)cc1. The number of ether oxygens (including phenoxy) is 1. The molecule has 0 heterocycles. The topological polar surface area (TPSA) is 50.4 Å². The monoisotopic (exact) mass is 364 g/mol. The number of methoxy groups -OCH3 is 1. The van der Waals surface area contributed by atoms with E-state index in [1.807, 2.05) is 37.3 Å². The molecule has 0 atom stereocenters. The van der Waals surface area contributed by atoms with Gasteiger partial charge in [-0.1, -0.05) is 24.3 Å². The van der Waals surface area contributed by atoms with E-state index in [4.69, 9.17) is 4.74 Å². The van der Waals surface area contributed by atoms with Crippen LogP contribution in [-0.2, 0) is 11.2 Å². The summed E-state index contributed by atoms with van der Waals surface area (Å²) in [6, 6.07) is 19.5. The van der Waals surface area contributed by atoms with Crippen LogP contribution in [-0.4, -0.2) is 13.0 Å². The lowest BCUT2D eigenvalue weighted by atomic mass is 10.1. The Balaban J connectivity index is 1.64. The van der Waals surface area contributed by atoms with E-state index in [0.717, 1.165) is 22.7 Å². The van der Waals surface area contributed by atoms with E-state index in [1.165, 1.54) is 6.07 Å². The maximum absolute atomic E-state index is 13.6. The molecule has 4 nitrogen and oxygen atoms in total. The molecule has 0 aromatic heterocycles. The normalized spacial score (nSPS) is 10.3. The van der Waals surface area contributed by atoms with Crippen LogP contribution in [0.2, 0.25) is 0 Å². The average Bonchev–Trinajstić information content (AvgIpc) is 2.65. The van der Waals surface area contributed by atoms with Gasteiger partial charge in [-0.25, -0.2) is 4.39 Å². The summed E-state index contributed by atoms with van der Waals surface area (Å²) in [6.45, 7) is 2.01. The quantitative estimate of drug-likeness (QED) is 0.642. The first kappa shape index (κ1) is 18.5. The highest BCUT2D eigenvalue weighted by molar-refractivity contribution is 5.92. The molecule has 3 aromatic rings. The average molecular weight is 364 g/mol. The molecule has 138 valence electrons. The van der Waals surface area contributed by atoms with Gasteiger partial charge >= 0.3 is 0 Å². The van der Waals surface area contributed by atoms with Crippen LogP contribution in [0.3, 0.4) is 0 Å². The van der Waals surface area contributed by atoms with E-state index in [1.54, 1.807) is 37.4 Å². The molecule has 0 aliphatic rings. The minimum Gasteiger partial charge on any atom is -0.495 e. The van der Waals surface area contributed by atoms with Crippen molar-refractivity contribution in [3.8, 4) is 5.75 Å². The zero-order valence-electron chi connectivity index (χ0n) is 15.3. The van der Waals surface area contributed by atoms with Crippen molar-refractivity contribution in [1.29, 1.82) is 0 Å². The lowest BCUT2D eigenvalue weighted by Gasteiger charge is -2.13. The fourth-order valence-corrected chi connectivity index (χ4v) is 2.73. The number of carbonyl (C=O) groups excluding carboxylic acids is 1. The first-order valence-electron chi connectivity index (χ1n) is 8.60. The highest BCUT2D eigenvalue weighted by atomic mass is 19.1. The molecule has 5 heteroatoms. The largest absolute Gasteiger partial charge is 0.495 e. The Labute approximate surface area is 158 Å². The molecule has 1 amide bonds. The molecule has 3 aromatic carbocycles. The molecule has 2 N–H and O–H groups in total. The van der Waals surface area contributed by atoms with E-state index in [2.05, 4.69) is 10.6 Å². The highest BCUT2D eigenvalue weighted by Gasteiger charge is 2.08. The lowest BCUT2D eigenvalue weighted by molar-refractivity contribution is -0.115. The van der Waals surface area contributed by atoms with Gasteiger partial charge in [-0.05, 0) is 60.5 Å². The van der Waals surface area contributed by atoms with E-state index in [9.17, 15) is 9.18 Å². The molecule has 0 aliphatic carbocycles. The van der Waals surface area contributed by atoms with Crippen LogP contribution < -0.4 is 15.4 Å². The summed E-state index contributed by atoms with van der Waals surface area (Å²) in [6.07, 6.45) is -0.00678. The van der Waals surface area contributed by atoms with Gasteiger partial charge in [-0.3, -0.25) is 4.79 Å². The van der Waals surface area contributed by atoms with Crippen molar-refractivity contribution in [1.82, 2.24) is 0 Å². The van der Waals surface area contributed by atoms with Crippen LogP contribution in [0.15, 0.2) is 66.7 Å². The second-order valence-corrected chi connectivity index (χ2v) is 6.22. The summed E-state index contributed by atoms with van der Waals surface area (Å²) in [5, 5.41) is 6.09. The zero-order chi connectivity index (χ0) is 19.2. The Bertz CT molecular complexity index is 939. The Kier molecular flexibility index (Phi) is 5.71. The lowest BCUT2D eigenvalue weighted by Crippen LogP contribution is -2.15. The first-order chi connectivity index (χ1) is 13.0. The van der Waals surface area contributed by atoms with Gasteiger partial charge in [-0.15, -0.1) is 0 Å². The van der Waals surface area contributed by atoms with Gasteiger partial charge in [0.05, 0.1) is 19.2 Å². The fraction of sp³-hybridized carbons (Fsp3) is 0.136. The number of aryl methyl sites for hydroxylation is 1. The summed E-state index contributed by atoms with van der Waals surface area (Å²) >= 11 is 0. The van der Waals surface area contributed by atoms with Gasteiger partial charge in [0.15, 0.2) is 0 Å². The third-order valence-electron chi connectivity index (χ3n) is 4.11. The molecule has 0 fully saturated rings. The van der Waals surface area contributed by atoms with Crippen molar-refractivity contribution in [2.24, 2.45) is 0 Å². The number of amides is 1. The number of rotatable bonds is 6. The van der Waals surface area contributed by atoms with E-state index in [0.29, 0.717) is 11.3 Å². The standard InChI is InChI=1S/C22H21FN2O2/c1-15-7-12-21(27-2)20(13-15)24-17-8-10-18(11-9-17)25-22(26)14-16-5-3-4-6-19(16)23/h3-13,24H,14H2,1-2H3,(H,25,26). The first-order valence-corrected chi connectivity index (χ1v) is 8.60. The number of hydrogen-bond acceptors (Lipinski definition) is 3. The Morgan fingerprint density at radius 1 is 1.00 bits per heavy atom. The summed E-state index contributed by atoms with van der Waals surface area (Å²) < 4.78 is 19.0. The summed E-state index contributed by atoms with van der Waals surface area (Å²) in [7, 11) is 1.63. The minimum absolute atomic E-state index is 0.00678. The van der Waals surface area contributed by atoms with E-state index in [-0.39, 0.29) is 18.1 Å². The smallest absolute Gasteiger partial charge is 0.228 e. The maximum atomic E-state index is 13.6. The zero-order valence-corrected chi connectivity index (χ0v) is 15.3. The van der Waals surface area contributed by atoms with Gasteiger partial charge in [0.1, 0.15) is 11.6 Å². The third-order valence-corrected chi connectivity index (χ3v) is 4.11. The molecule has 0 bridgehead atoms. The molecule has 0 radical (unpaired) electrons. The molecule has 27 heavy (non-hydrogen) atoms. The number of anilines is 3. The molecule has 0 aliphatic heterocycles. The van der Waals surface area contributed by atoms with E-state index < -0.39 is 0 Å². The van der Waals surface area contributed by atoms with Crippen LogP contribution in [0.4, 0.5) is 21.5 Å². The Hall–Kier alpha value is -3.34. The molecular formula is C22H21FN2O2. The Morgan fingerprint density at radius 2 is 1.70 bits per heavy atom. The highest BCUT2D eigenvalue weighted by Crippen LogP contribution is 2.29. The minimum atomic E-state index is -0.376. The Morgan fingerprint density at radius 3 is 2.41 bits per heavy atom. The molecule has 0 unspecified atom stereocenters. The number of halogens is 1. The summed E-state index contributed by atoms with van der Waals surface area (Å²) in [5.41, 5.74) is 3.88. The van der Waals surface area contributed by atoms with Crippen molar-refractivity contribution in [2.45, 2.75) is 13.3 Å². The van der Waals surface area contributed by atoms with Crippen molar-refractivity contribution in [2.75, 3.05) is 17.7 Å². The van der Waals surface area contributed by atoms with Gasteiger partial charge in [0.2, 0.25) is 5.91 Å². The molecular weight excluding hydrogens is 343 g/mol. The second-order valence-electron chi connectivity index (χ2n) is 6.22. The number of benzene rings is 3. The van der Waals surface area contributed by atoms with E-state index >= 15 is 0 Å². The van der Waals surface area contributed by atoms with Crippen LogP contribution in [0.1, 0.15) is 11.1 Å².